The van der Waals surface area contributed by atoms with E-state index in [0.717, 1.165) is 11.1 Å². The third-order valence-corrected chi connectivity index (χ3v) is 2.77. The van der Waals surface area contributed by atoms with Crippen molar-refractivity contribution in [3.8, 4) is 0 Å². The van der Waals surface area contributed by atoms with Crippen molar-refractivity contribution in [2.24, 2.45) is 0 Å². The number of benzene rings is 2. The predicted molar refractivity (Wildman–Crippen MR) is 65.5 cm³/mol. The second-order valence-electron chi connectivity index (χ2n) is 3.96. The van der Waals surface area contributed by atoms with Crippen molar-refractivity contribution in [3.63, 3.8) is 0 Å². The van der Waals surface area contributed by atoms with E-state index in [1.165, 1.54) is 10.8 Å². The Bertz CT molecular complexity index is 436. The number of fused-ring (bicyclic) bond motifs is 1. The highest BCUT2D eigenvalue weighted by Crippen LogP contribution is 2.18. The molecule has 0 bridgehead atoms. The molecule has 0 radical (unpaired) electrons. The van der Waals surface area contributed by atoms with Crippen LogP contribution in [0.2, 0.25) is 0 Å². The molecule has 0 saturated heterocycles. The number of rotatable bonds is 4. The molecule has 2 rings (SSSR count). The third-order valence-electron chi connectivity index (χ3n) is 2.77. The molecule has 2 N–H and O–H groups in total. The van der Waals surface area contributed by atoms with Crippen LogP contribution in [0.3, 0.4) is 0 Å². The molecule has 0 aliphatic rings. The number of aliphatic hydroxyl groups excluding tert-OH is 2. The van der Waals surface area contributed by atoms with Gasteiger partial charge in [0.2, 0.25) is 0 Å². The van der Waals surface area contributed by atoms with Crippen molar-refractivity contribution >= 4 is 10.8 Å². The zero-order valence-corrected chi connectivity index (χ0v) is 9.19. The fourth-order valence-corrected chi connectivity index (χ4v) is 1.91. The summed E-state index contributed by atoms with van der Waals surface area (Å²) in [4.78, 5) is 0. The highest BCUT2D eigenvalue weighted by molar-refractivity contribution is 5.83. The standard InChI is InChI=1S/C14H16O2/c15-7-5-11-1-3-13-4-2-12(6-8-16)10-14(13)9-11/h1-4,9-10,15-16H,5-8H2. The SMILES string of the molecule is OCCc1ccc2ccc(CCO)cc2c1. The van der Waals surface area contributed by atoms with Crippen LogP contribution in [-0.4, -0.2) is 23.4 Å². The molecular weight excluding hydrogens is 200 g/mol. The molecule has 2 nitrogen and oxygen atoms in total. The lowest BCUT2D eigenvalue weighted by Gasteiger charge is -2.04. The van der Waals surface area contributed by atoms with Crippen molar-refractivity contribution in [2.45, 2.75) is 12.8 Å². The summed E-state index contributed by atoms with van der Waals surface area (Å²) in [6, 6.07) is 12.4. The van der Waals surface area contributed by atoms with E-state index in [2.05, 4.69) is 24.3 Å². The Hall–Kier alpha value is -1.38. The molecule has 84 valence electrons. The average Bonchev–Trinajstić information content (AvgIpc) is 2.29. The van der Waals surface area contributed by atoms with Gasteiger partial charge in [-0.3, -0.25) is 0 Å². The minimum atomic E-state index is 0.182. The lowest BCUT2D eigenvalue weighted by Crippen LogP contribution is -1.92. The van der Waals surface area contributed by atoms with Gasteiger partial charge in [0, 0.05) is 13.2 Å². The molecule has 0 spiro atoms. The lowest BCUT2D eigenvalue weighted by molar-refractivity contribution is 0.299. The fraction of sp³-hybridized carbons (Fsp3) is 0.286. The molecule has 0 saturated carbocycles. The maximum atomic E-state index is 8.90. The summed E-state index contributed by atoms with van der Waals surface area (Å²) in [6.07, 6.45) is 1.39. The molecule has 0 atom stereocenters. The van der Waals surface area contributed by atoms with E-state index in [0.29, 0.717) is 12.8 Å². The zero-order valence-electron chi connectivity index (χ0n) is 9.19. The van der Waals surface area contributed by atoms with E-state index in [-0.39, 0.29) is 13.2 Å². The van der Waals surface area contributed by atoms with Gasteiger partial charge >= 0.3 is 0 Å². The molecule has 0 aliphatic heterocycles. The zero-order chi connectivity index (χ0) is 11.4. The molecule has 2 heteroatoms. The van der Waals surface area contributed by atoms with Crippen molar-refractivity contribution in [1.29, 1.82) is 0 Å². The summed E-state index contributed by atoms with van der Waals surface area (Å²) in [5, 5.41) is 20.2. The molecule has 0 fully saturated rings. The Balaban J connectivity index is 2.39. The predicted octanol–water partition coefficient (Wildman–Crippen LogP) is 1.91. The molecule has 0 heterocycles. The Labute approximate surface area is 95.2 Å². The highest BCUT2D eigenvalue weighted by atomic mass is 16.3. The fourth-order valence-electron chi connectivity index (χ4n) is 1.91. The van der Waals surface area contributed by atoms with E-state index < -0.39 is 0 Å². The minimum absolute atomic E-state index is 0.182. The summed E-state index contributed by atoms with van der Waals surface area (Å²) in [6.45, 7) is 0.365. The molecule has 0 unspecified atom stereocenters. The molecule has 0 amide bonds. The molecule has 2 aromatic carbocycles. The summed E-state index contributed by atoms with van der Waals surface area (Å²) in [7, 11) is 0. The van der Waals surface area contributed by atoms with Crippen LogP contribution >= 0.6 is 0 Å². The van der Waals surface area contributed by atoms with Gasteiger partial charge < -0.3 is 10.2 Å². The van der Waals surface area contributed by atoms with Gasteiger partial charge in [-0.25, -0.2) is 0 Å². The van der Waals surface area contributed by atoms with Crippen LogP contribution in [-0.2, 0) is 12.8 Å². The first-order valence-electron chi connectivity index (χ1n) is 5.57. The van der Waals surface area contributed by atoms with Crippen LogP contribution in [0.1, 0.15) is 11.1 Å². The van der Waals surface area contributed by atoms with E-state index in [1.807, 2.05) is 12.1 Å². The van der Waals surface area contributed by atoms with Crippen LogP contribution in [0, 0.1) is 0 Å². The Kier molecular flexibility index (Phi) is 3.54. The molecule has 0 aliphatic carbocycles. The number of hydrogen-bond donors (Lipinski definition) is 2. The smallest absolute Gasteiger partial charge is 0.0471 e. The first-order chi connectivity index (χ1) is 7.83. The maximum Gasteiger partial charge on any atom is 0.0471 e. The lowest BCUT2D eigenvalue weighted by atomic mass is 10.0. The van der Waals surface area contributed by atoms with Crippen molar-refractivity contribution in [1.82, 2.24) is 0 Å². The maximum absolute atomic E-state index is 8.90. The first-order valence-corrected chi connectivity index (χ1v) is 5.57. The van der Waals surface area contributed by atoms with Gasteiger partial charge in [0.25, 0.3) is 0 Å². The Morgan fingerprint density at radius 1 is 0.688 bits per heavy atom. The van der Waals surface area contributed by atoms with Gasteiger partial charge in [-0.15, -0.1) is 0 Å². The van der Waals surface area contributed by atoms with Crippen LogP contribution in [0.25, 0.3) is 10.8 Å². The van der Waals surface area contributed by atoms with Crippen molar-refractivity contribution in [2.75, 3.05) is 13.2 Å². The normalized spacial score (nSPS) is 10.9. The Morgan fingerprint density at radius 2 is 1.19 bits per heavy atom. The van der Waals surface area contributed by atoms with E-state index in [4.69, 9.17) is 10.2 Å². The van der Waals surface area contributed by atoms with E-state index in [9.17, 15) is 0 Å². The quantitative estimate of drug-likeness (QED) is 0.819. The van der Waals surface area contributed by atoms with Gasteiger partial charge in [0.15, 0.2) is 0 Å². The number of hydrogen-bond acceptors (Lipinski definition) is 2. The topological polar surface area (TPSA) is 40.5 Å². The highest BCUT2D eigenvalue weighted by Gasteiger charge is 1.98. The summed E-state index contributed by atoms with van der Waals surface area (Å²) in [5.74, 6) is 0. The minimum Gasteiger partial charge on any atom is -0.396 e. The second kappa shape index (κ2) is 5.10. The summed E-state index contributed by atoms with van der Waals surface area (Å²) < 4.78 is 0. The molecule has 16 heavy (non-hydrogen) atoms. The van der Waals surface area contributed by atoms with Crippen LogP contribution in [0.15, 0.2) is 36.4 Å². The average molecular weight is 216 g/mol. The van der Waals surface area contributed by atoms with Crippen molar-refractivity contribution < 1.29 is 10.2 Å². The summed E-state index contributed by atoms with van der Waals surface area (Å²) >= 11 is 0. The van der Waals surface area contributed by atoms with Gasteiger partial charge in [0.05, 0.1) is 0 Å². The Morgan fingerprint density at radius 3 is 1.62 bits per heavy atom. The van der Waals surface area contributed by atoms with Gasteiger partial charge in [0.1, 0.15) is 0 Å². The van der Waals surface area contributed by atoms with E-state index in [1.54, 1.807) is 0 Å². The largest absolute Gasteiger partial charge is 0.396 e. The molecule has 2 aromatic rings. The van der Waals surface area contributed by atoms with Crippen LogP contribution < -0.4 is 0 Å². The second-order valence-corrected chi connectivity index (χ2v) is 3.96. The summed E-state index contributed by atoms with van der Waals surface area (Å²) in [5.41, 5.74) is 2.30. The first kappa shape index (κ1) is 11.1. The monoisotopic (exact) mass is 216 g/mol. The van der Waals surface area contributed by atoms with Crippen LogP contribution in [0.4, 0.5) is 0 Å². The van der Waals surface area contributed by atoms with Crippen LogP contribution in [0.5, 0.6) is 0 Å². The van der Waals surface area contributed by atoms with Gasteiger partial charge in [-0.1, -0.05) is 36.4 Å². The van der Waals surface area contributed by atoms with Gasteiger partial charge in [-0.2, -0.15) is 0 Å². The molecular formula is C14H16O2. The van der Waals surface area contributed by atoms with Gasteiger partial charge in [-0.05, 0) is 34.7 Å². The molecule has 0 aromatic heterocycles. The third kappa shape index (κ3) is 2.40. The van der Waals surface area contributed by atoms with Crippen molar-refractivity contribution in [3.05, 3.63) is 47.5 Å². The number of aliphatic hydroxyl groups is 2. The van der Waals surface area contributed by atoms with E-state index >= 15 is 0 Å².